The van der Waals surface area contributed by atoms with Crippen molar-refractivity contribution in [3.05, 3.63) is 29.8 Å². The quantitative estimate of drug-likeness (QED) is 0.620. The molecule has 0 saturated carbocycles. The van der Waals surface area contributed by atoms with Gasteiger partial charge in [-0.15, -0.1) is 0 Å². The maximum Gasteiger partial charge on any atom is 0.251 e. The van der Waals surface area contributed by atoms with Crippen molar-refractivity contribution in [1.82, 2.24) is 0 Å². The van der Waals surface area contributed by atoms with Crippen LogP contribution in [0.15, 0.2) is 29.3 Å². The number of benzene rings is 1. The van der Waals surface area contributed by atoms with E-state index in [1.54, 1.807) is 6.92 Å². The molecule has 0 unspecified atom stereocenters. The molecule has 0 bridgehead atoms. The summed E-state index contributed by atoms with van der Waals surface area (Å²) < 4.78 is 18.8. The van der Waals surface area contributed by atoms with Gasteiger partial charge in [0.2, 0.25) is 0 Å². The van der Waals surface area contributed by atoms with Crippen LogP contribution >= 0.6 is 0 Å². The average Bonchev–Trinajstić information content (AvgIpc) is 2.16. The summed E-state index contributed by atoms with van der Waals surface area (Å²) in [7, 11) is 0. The molecule has 0 fully saturated rings. The Hall–Kier alpha value is -1.38. The third kappa shape index (κ3) is 1.76. The maximum absolute atomic E-state index is 13.8. The number of nitrogens with zero attached hydrogens (tertiary/aromatic N) is 1. The van der Waals surface area contributed by atoms with Crippen molar-refractivity contribution in [2.45, 2.75) is 26.1 Å². The Balaban J connectivity index is 2.49. The molecule has 0 aliphatic carbocycles. The first-order valence-corrected chi connectivity index (χ1v) is 4.58. The highest BCUT2D eigenvalue weighted by molar-refractivity contribution is 5.78. The van der Waals surface area contributed by atoms with Gasteiger partial charge in [0.15, 0.2) is 5.90 Å². The molecular formula is C11H12FNO. The van der Waals surface area contributed by atoms with E-state index < -0.39 is 5.85 Å². The largest absolute Gasteiger partial charge is 0.445 e. The van der Waals surface area contributed by atoms with E-state index in [4.69, 9.17) is 4.74 Å². The van der Waals surface area contributed by atoms with Gasteiger partial charge in [-0.3, -0.25) is 0 Å². The fourth-order valence-corrected chi connectivity index (χ4v) is 1.65. The first-order chi connectivity index (χ1) is 6.57. The zero-order chi connectivity index (χ0) is 10.2. The van der Waals surface area contributed by atoms with Crippen molar-refractivity contribution in [1.29, 1.82) is 0 Å². The lowest BCUT2D eigenvalue weighted by Crippen LogP contribution is -2.26. The lowest BCUT2D eigenvalue weighted by atomic mass is 10.1. The third-order valence-electron chi connectivity index (χ3n) is 2.14. The molecule has 14 heavy (non-hydrogen) atoms. The van der Waals surface area contributed by atoms with E-state index in [1.807, 2.05) is 24.3 Å². The molecule has 2 nitrogen and oxygen atoms in total. The van der Waals surface area contributed by atoms with Gasteiger partial charge in [-0.2, -0.15) is 4.39 Å². The van der Waals surface area contributed by atoms with Crippen LogP contribution < -0.4 is 0 Å². The van der Waals surface area contributed by atoms with Gasteiger partial charge in [-0.05, 0) is 11.6 Å². The monoisotopic (exact) mass is 193 g/mol. The van der Waals surface area contributed by atoms with E-state index in [1.165, 1.54) is 6.92 Å². The van der Waals surface area contributed by atoms with Gasteiger partial charge in [-0.1, -0.05) is 18.2 Å². The molecule has 0 aromatic heterocycles. The van der Waals surface area contributed by atoms with E-state index in [2.05, 4.69) is 4.99 Å². The highest BCUT2D eigenvalue weighted by Crippen LogP contribution is 2.30. The topological polar surface area (TPSA) is 21.6 Å². The van der Waals surface area contributed by atoms with Gasteiger partial charge in [0, 0.05) is 20.3 Å². The number of hydrogen-bond acceptors (Lipinski definition) is 2. The number of rotatable bonds is 0. The van der Waals surface area contributed by atoms with E-state index in [0.717, 1.165) is 11.3 Å². The van der Waals surface area contributed by atoms with Crippen LogP contribution in [0.2, 0.25) is 0 Å². The van der Waals surface area contributed by atoms with Crippen LogP contribution in [0.4, 0.5) is 10.1 Å². The smallest absolute Gasteiger partial charge is 0.251 e. The number of aliphatic imine (C=N–C) groups is 1. The molecule has 1 aliphatic heterocycles. The number of fused-ring (bicyclic) bond motifs is 1. The second kappa shape index (κ2) is 3.08. The van der Waals surface area contributed by atoms with Gasteiger partial charge in [0.05, 0.1) is 5.69 Å². The molecule has 0 saturated heterocycles. The molecule has 1 aromatic carbocycles. The number of hydrogen-bond donors (Lipinski definition) is 0. The van der Waals surface area contributed by atoms with Crippen molar-refractivity contribution >= 4 is 11.6 Å². The fourth-order valence-electron chi connectivity index (χ4n) is 1.65. The van der Waals surface area contributed by atoms with Crippen molar-refractivity contribution in [3.8, 4) is 0 Å². The SMILES string of the molecule is CC1=Nc2ccccc2C[C@](C)(F)O1. The minimum absolute atomic E-state index is 0.240. The first-order valence-electron chi connectivity index (χ1n) is 4.58. The fraction of sp³-hybridized carbons (Fsp3) is 0.364. The van der Waals surface area contributed by atoms with E-state index in [9.17, 15) is 4.39 Å². The Bertz CT molecular complexity index is 385. The molecule has 3 heteroatoms. The molecule has 74 valence electrons. The van der Waals surface area contributed by atoms with Gasteiger partial charge < -0.3 is 4.74 Å². The number of ether oxygens (including phenoxy) is 1. The summed E-state index contributed by atoms with van der Waals surface area (Å²) >= 11 is 0. The van der Waals surface area contributed by atoms with E-state index in [0.29, 0.717) is 5.90 Å². The summed E-state index contributed by atoms with van der Waals surface area (Å²) in [5, 5.41) is 0. The molecule has 0 spiro atoms. The lowest BCUT2D eigenvalue weighted by Gasteiger charge is -2.19. The molecule has 0 radical (unpaired) electrons. The molecule has 1 atom stereocenters. The third-order valence-corrected chi connectivity index (χ3v) is 2.14. The Kier molecular flexibility index (Phi) is 2.02. The summed E-state index contributed by atoms with van der Waals surface area (Å²) in [6, 6.07) is 7.50. The van der Waals surface area contributed by atoms with Crippen molar-refractivity contribution < 1.29 is 9.13 Å². The molecule has 1 aromatic rings. The molecule has 0 amide bonds. The predicted octanol–water partition coefficient (Wildman–Crippen LogP) is 2.99. The van der Waals surface area contributed by atoms with Gasteiger partial charge in [0.1, 0.15) is 0 Å². The maximum atomic E-state index is 13.8. The number of halogens is 1. The normalized spacial score (nSPS) is 25.8. The van der Waals surface area contributed by atoms with Crippen LogP contribution in [0.1, 0.15) is 19.4 Å². The summed E-state index contributed by atoms with van der Waals surface area (Å²) in [5.74, 6) is -1.28. The zero-order valence-corrected chi connectivity index (χ0v) is 8.25. The molecule has 0 N–H and O–H groups in total. The minimum Gasteiger partial charge on any atom is -0.445 e. The van der Waals surface area contributed by atoms with Crippen LogP contribution in [-0.2, 0) is 11.2 Å². The van der Waals surface area contributed by atoms with E-state index >= 15 is 0 Å². The molecule has 2 rings (SSSR count). The summed E-state index contributed by atoms with van der Waals surface area (Å²) in [6.07, 6.45) is 0.240. The van der Waals surface area contributed by atoms with Crippen LogP contribution in [0.25, 0.3) is 0 Å². The van der Waals surface area contributed by atoms with Crippen LogP contribution in [-0.4, -0.2) is 11.8 Å². The second-order valence-corrected chi connectivity index (χ2v) is 3.64. The summed E-state index contributed by atoms with van der Waals surface area (Å²) in [6.45, 7) is 3.09. The van der Waals surface area contributed by atoms with Crippen LogP contribution in [0.3, 0.4) is 0 Å². The molecular weight excluding hydrogens is 181 g/mol. The molecule has 1 heterocycles. The second-order valence-electron chi connectivity index (χ2n) is 3.64. The number of para-hydroxylation sites is 1. The van der Waals surface area contributed by atoms with Crippen molar-refractivity contribution in [2.75, 3.05) is 0 Å². The van der Waals surface area contributed by atoms with Crippen LogP contribution in [0.5, 0.6) is 0 Å². The Morgan fingerprint density at radius 1 is 1.43 bits per heavy atom. The lowest BCUT2D eigenvalue weighted by molar-refractivity contribution is -0.0540. The zero-order valence-electron chi connectivity index (χ0n) is 8.25. The van der Waals surface area contributed by atoms with Crippen molar-refractivity contribution in [3.63, 3.8) is 0 Å². The summed E-state index contributed by atoms with van der Waals surface area (Å²) in [4.78, 5) is 4.19. The van der Waals surface area contributed by atoms with E-state index in [-0.39, 0.29) is 6.42 Å². The van der Waals surface area contributed by atoms with Crippen LogP contribution in [0, 0.1) is 0 Å². The Morgan fingerprint density at radius 3 is 2.93 bits per heavy atom. The highest BCUT2D eigenvalue weighted by Gasteiger charge is 2.29. The van der Waals surface area contributed by atoms with Gasteiger partial charge >= 0.3 is 0 Å². The summed E-state index contributed by atoms with van der Waals surface area (Å²) in [5.41, 5.74) is 1.68. The molecule has 1 aliphatic rings. The van der Waals surface area contributed by atoms with Crippen molar-refractivity contribution in [2.24, 2.45) is 4.99 Å². The minimum atomic E-state index is -1.65. The average molecular weight is 193 g/mol. The van der Waals surface area contributed by atoms with Gasteiger partial charge in [-0.25, -0.2) is 4.99 Å². The number of alkyl halides is 1. The Morgan fingerprint density at radius 2 is 2.14 bits per heavy atom. The standard InChI is InChI=1S/C11H12FNO/c1-8-13-10-6-4-3-5-9(10)7-11(2,12)14-8/h3-6H,7H2,1-2H3/t11-/m1/s1. The van der Waals surface area contributed by atoms with Gasteiger partial charge in [0.25, 0.3) is 5.85 Å². The highest BCUT2D eigenvalue weighted by atomic mass is 19.2. The Labute approximate surface area is 82.4 Å². The predicted molar refractivity (Wildman–Crippen MR) is 53.5 cm³/mol. The first kappa shape index (κ1) is 9.19.